The Labute approximate surface area is 200 Å². The Kier molecular flexibility index (Phi) is 6.68. The lowest BCUT2D eigenvalue weighted by atomic mass is 10.1. The minimum atomic E-state index is -4.48. The number of nitrogens with one attached hydrogen (secondary N) is 1. The molecule has 1 heterocycles. The number of hydrogen-bond acceptors (Lipinski definition) is 4. The lowest BCUT2D eigenvalue weighted by Gasteiger charge is -2.23. The molecule has 2 amide bonds. The number of amides is 2. The topological polar surface area (TPSA) is 67.9 Å². The van der Waals surface area contributed by atoms with Gasteiger partial charge in [-0.05, 0) is 55.0 Å². The molecule has 0 radical (unpaired) electrons. The molecule has 0 saturated heterocycles. The number of anilines is 1. The number of nitrogens with zero attached hydrogens (tertiary/aromatic N) is 1. The maximum absolute atomic E-state index is 13.1. The third kappa shape index (κ3) is 5.40. The fourth-order valence-electron chi connectivity index (χ4n) is 3.91. The van der Waals surface area contributed by atoms with E-state index >= 15 is 0 Å². The molecule has 0 aliphatic carbocycles. The van der Waals surface area contributed by atoms with E-state index < -0.39 is 17.8 Å². The normalized spacial score (nSPS) is 15.6. The molecule has 0 unspecified atom stereocenters. The van der Waals surface area contributed by atoms with Crippen LogP contribution in [0.25, 0.3) is 0 Å². The molecule has 182 valence electrons. The summed E-state index contributed by atoms with van der Waals surface area (Å²) in [6, 6.07) is 16.7. The standard InChI is InChI=1S/C26H23F3N2O4/c1-16-25(33)31(14-17-6-5-7-19(12-17)26(27,28)29)15-18-13-20(10-11-22(18)35-16)30-24(32)21-8-3-4-9-23(21)34-2/h3-13,16H,14-15H2,1-2H3,(H,30,32)/t16-/m0/s1. The molecular weight excluding hydrogens is 461 g/mol. The van der Waals surface area contributed by atoms with E-state index in [1.807, 2.05) is 0 Å². The first-order valence-corrected chi connectivity index (χ1v) is 10.8. The van der Waals surface area contributed by atoms with Crippen LogP contribution in [0.2, 0.25) is 0 Å². The predicted octanol–water partition coefficient (Wildman–Crippen LogP) is 5.28. The summed E-state index contributed by atoms with van der Waals surface area (Å²) in [4.78, 5) is 27.1. The van der Waals surface area contributed by atoms with Gasteiger partial charge in [-0.3, -0.25) is 9.59 Å². The van der Waals surface area contributed by atoms with Crippen molar-refractivity contribution in [3.8, 4) is 11.5 Å². The maximum atomic E-state index is 13.1. The first kappa shape index (κ1) is 24.1. The first-order valence-electron chi connectivity index (χ1n) is 10.8. The second-order valence-corrected chi connectivity index (χ2v) is 8.13. The van der Waals surface area contributed by atoms with E-state index in [2.05, 4.69) is 5.32 Å². The van der Waals surface area contributed by atoms with E-state index in [1.54, 1.807) is 55.5 Å². The van der Waals surface area contributed by atoms with E-state index in [-0.39, 0.29) is 24.9 Å². The van der Waals surface area contributed by atoms with Crippen molar-refractivity contribution in [1.82, 2.24) is 4.90 Å². The highest BCUT2D eigenvalue weighted by atomic mass is 19.4. The number of hydrogen-bond donors (Lipinski definition) is 1. The molecule has 1 aliphatic heterocycles. The molecule has 1 atom stereocenters. The van der Waals surface area contributed by atoms with Gasteiger partial charge < -0.3 is 19.7 Å². The molecule has 1 N–H and O–H groups in total. The van der Waals surface area contributed by atoms with E-state index in [9.17, 15) is 22.8 Å². The fraction of sp³-hybridized carbons (Fsp3) is 0.231. The number of fused-ring (bicyclic) bond motifs is 1. The average molecular weight is 484 g/mol. The van der Waals surface area contributed by atoms with Crippen molar-refractivity contribution in [3.63, 3.8) is 0 Å². The number of rotatable bonds is 5. The summed E-state index contributed by atoms with van der Waals surface area (Å²) >= 11 is 0. The van der Waals surface area contributed by atoms with Crippen LogP contribution in [-0.2, 0) is 24.1 Å². The first-order chi connectivity index (χ1) is 16.7. The third-order valence-electron chi connectivity index (χ3n) is 5.62. The number of carbonyl (C=O) groups is 2. The van der Waals surface area contributed by atoms with Crippen LogP contribution in [0.5, 0.6) is 11.5 Å². The quantitative estimate of drug-likeness (QED) is 0.536. The summed E-state index contributed by atoms with van der Waals surface area (Å²) in [5.41, 5.74) is 1.03. The van der Waals surface area contributed by atoms with E-state index in [1.165, 1.54) is 18.1 Å². The number of ether oxygens (including phenoxy) is 2. The second-order valence-electron chi connectivity index (χ2n) is 8.13. The SMILES string of the molecule is COc1ccccc1C(=O)Nc1ccc2c(c1)CN(Cc1cccc(C(F)(F)F)c1)C(=O)[C@H](C)O2. The number of alkyl halides is 3. The monoisotopic (exact) mass is 484 g/mol. The lowest BCUT2D eigenvalue weighted by Crippen LogP contribution is -2.37. The predicted molar refractivity (Wildman–Crippen MR) is 123 cm³/mol. The molecule has 0 saturated carbocycles. The van der Waals surface area contributed by atoms with Crippen LogP contribution < -0.4 is 14.8 Å². The van der Waals surface area contributed by atoms with E-state index in [0.29, 0.717) is 33.9 Å². The van der Waals surface area contributed by atoms with Gasteiger partial charge in [0.1, 0.15) is 11.5 Å². The van der Waals surface area contributed by atoms with Crippen molar-refractivity contribution in [2.75, 3.05) is 12.4 Å². The van der Waals surface area contributed by atoms with Gasteiger partial charge in [-0.25, -0.2) is 0 Å². The summed E-state index contributed by atoms with van der Waals surface area (Å²) in [7, 11) is 1.48. The molecule has 6 nitrogen and oxygen atoms in total. The Balaban J connectivity index is 1.58. The molecule has 35 heavy (non-hydrogen) atoms. The number of carbonyl (C=O) groups excluding carboxylic acids is 2. The zero-order chi connectivity index (χ0) is 25.2. The van der Waals surface area contributed by atoms with Gasteiger partial charge in [-0.15, -0.1) is 0 Å². The van der Waals surface area contributed by atoms with Crippen molar-refractivity contribution in [2.45, 2.75) is 32.3 Å². The molecule has 0 bridgehead atoms. The van der Waals surface area contributed by atoms with Crippen molar-refractivity contribution in [1.29, 1.82) is 0 Å². The van der Waals surface area contributed by atoms with E-state index in [4.69, 9.17) is 9.47 Å². The van der Waals surface area contributed by atoms with Crippen molar-refractivity contribution in [3.05, 3.63) is 89.0 Å². The summed E-state index contributed by atoms with van der Waals surface area (Å²) in [6.07, 6.45) is -5.30. The molecule has 3 aromatic rings. The van der Waals surface area contributed by atoms with Crippen molar-refractivity contribution < 1.29 is 32.2 Å². The van der Waals surface area contributed by atoms with Crippen LogP contribution in [0.4, 0.5) is 18.9 Å². The largest absolute Gasteiger partial charge is 0.496 e. The minimum Gasteiger partial charge on any atom is -0.496 e. The maximum Gasteiger partial charge on any atom is 0.416 e. The van der Waals surface area contributed by atoms with Crippen LogP contribution in [0.3, 0.4) is 0 Å². The highest BCUT2D eigenvalue weighted by Gasteiger charge is 2.32. The van der Waals surface area contributed by atoms with Crippen molar-refractivity contribution in [2.24, 2.45) is 0 Å². The van der Waals surface area contributed by atoms with Gasteiger partial charge in [0.2, 0.25) is 0 Å². The van der Waals surface area contributed by atoms with Crippen LogP contribution in [0.1, 0.15) is 34.0 Å². The number of methoxy groups -OCH3 is 1. The second kappa shape index (κ2) is 9.69. The molecule has 9 heteroatoms. The van der Waals surface area contributed by atoms with Gasteiger partial charge >= 0.3 is 6.18 Å². The molecule has 0 aromatic heterocycles. The van der Waals surface area contributed by atoms with E-state index in [0.717, 1.165) is 12.1 Å². The highest BCUT2D eigenvalue weighted by Crippen LogP contribution is 2.32. The molecule has 4 rings (SSSR count). The lowest BCUT2D eigenvalue weighted by molar-refractivity contribution is -0.138. The van der Waals surface area contributed by atoms with Crippen LogP contribution in [-0.4, -0.2) is 29.9 Å². The van der Waals surface area contributed by atoms with Crippen LogP contribution in [0.15, 0.2) is 66.7 Å². The Morgan fingerprint density at radius 1 is 1.11 bits per heavy atom. The zero-order valence-corrected chi connectivity index (χ0v) is 19.1. The van der Waals surface area contributed by atoms with Crippen LogP contribution >= 0.6 is 0 Å². The Morgan fingerprint density at radius 2 is 1.89 bits per heavy atom. The smallest absolute Gasteiger partial charge is 0.416 e. The van der Waals surface area contributed by atoms with Crippen molar-refractivity contribution >= 4 is 17.5 Å². The minimum absolute atomic E-state index is 0.0201. The molecule has 3 aromatic carbocycles. The summed E-state index contributed by atoms with van der Waals surface area (Å²) < 4.78 is 50.4. The van der Waals surface area contributed by atoms with Crippen LogP contribution in [0, 0.1) is 0 Å². The number of para-hydroxylation sites is 1. The van der Waals surface area contributed by atoms with Gasteiger partial charge in [-0.1, -0.05) is 24.3 Å². The van der Waals surface area contributed by atoms with Gasteiger partial charge in [0.15, 0.2) is 6.10 Å². The van der Waals surface area contributed by atoms with Gasteiger partial charge in [0.25, 0.3) is 11.8 Å². The average Bonchev–Trinajstić information content (AvgIpc) is 2.94. The summed E-state index contributed by atoms with van der Waals surface area (Å²) in [6.45, 7) is 1.68. The number of benzene rings is 3. The van der Waals surface area contributed by atoms with Gasteiger partial charge in [0, 0.05) is 24.3 Å². The van der Waals surface area contributed by atoms with Gasteiger partial charge in [-0.2, -0.15) is 13.2 Å². The molecular formula is C26H23F3N2O4. The summed E-state index contributed by atoms with van der Waals surface area (Å²) in [5.74, 6) is 0.169. The summed E-state index contributed by atoms with van der Waals surface area (Å²) in [5, 5.41) is 2.81. The Hall–Kier alpha value is -4.01. The molecule has 1 aliphatic rings. The van der Waals surface area contributed by atoms with Gasteiger partial charge in [0.05, 0.1) is 18.2 Å². The molecule has 0 fully saturated rings. The zero-order valence-electron chi connectivity index (χ0n) is 19.1. The number of halogens is 3. The highest BCUT2D eigenvalue weighted by molar-refractivity contribution is 6.06. The third-order valence-corrected chi connectivity index (χ3v) is 5.62. The molecule has 0 spiro atoms. The Bertz CT molecular complexity index is 1260. The fourth-order valence-corrected chi connectivity index (χ4v) is 3.91. The Morgan fingerprint density at radius 3 is 2.63 bits per heavy atom.